The maximum absolute atomic E-state index is 13.5. The molecular weight excluding hydrogens is 231 g/mol. The molecule has 0 amide bonds. The summed E-state index contributed by atoms with van der Waals surface area (Å²) in [6.45, 7) is 0. The number of hydrogen-bond donors (Lipinski definition) is 1. The summed E-state index contributed by atoms with van der Waals surface area (Å²) in [5.74, 6) is 0.256. The summed E-state index contributed by atoms with van der Waals surface area (Å²) in [5, 5.41) is 3.98. The molecule has 0 atom stereocenters. The minimum atomic E-state index is -0.339. The standard InChI is InChI=1S/C14H13FN2O/c1-18-13-7-8-14(15)11(9-13)10-16-17-12-5-3-2-4-6-12/h2-10,17H,1H3. The van der Waals surface area contributed by atoms with Gasteiger partial charge in [0.2, 0.25) is 0 Å². The van der Waals surface area contributed by atoms with Crippen molar-refractivity contribution < 1.29 is 9.13 Å². The fourth-order valence-corrected chi connectivity index (χ4v) is 1.44. The van der Waals surface area contributed by atoms with E-state index in [2.05, 4.69) is 10.5 Å². The normalized spacial score (nSPS) is 10.6. The van der Waals surface area contributed by atoms with Gasteiger partial charge in [-0.25, -0.2) is 4.39 Å². The van der Waals surface area contributed by atoms with E-state index in [4.69, 9.17) is 4.74 Å². The van der Waals surface area contributed by atoms with Crippen LogP contribution in [0.1, 0.15) is 5.56 Å². The number of nitrogens with zero attached hydrogens (tertiary/aromatic N) is 1. The first kappa shape index (κ1) is 12.1. The second-order valence-corrected chi connectivity index (χ2v) is 3.62. The lowest BCUT2D eigenvalue weighted by atomic mass is 10.2. The zero-order chi connectivity index (χ0) is 12.8. The third-order valence-electron chi connectivity index (χ3n) is 2.37. The molecule has 0 unspecified atom stereocenters. The molecule has 0 aliphatic carbocycles. The highest BCUT2D eigenvalue weighted by Gasteiger charge is 2.01. The smallest absolute Gasteiger partial charge is 0.132 e. The SMILES string of the molecule is COc1ccc(F)c(C=NNc2ccccc2)c1. The predicted octanol–water partition coefficient (Wildman–Crippen LogP) is 3.28. The Hall–Kier alpha value is -2.36. The fourth-order valence-electron chi connectivity index (χ4n) is 1.44. The number of hydrogen-bond acceptors (Lipinski definition) is 3. The topological polar surface area (TPSA) is 33.6 Å². The number of halogens is 1. The van der Waals surface area contributed by atoms with Crippen molar-refractivity contribution in [2.45, 2.75) is 0 Å². The van der Waals surface area contributed by atoms with E-state index in [1.165, 1.54) is 19.4 Å². The van der Waals surface area contributed by atoms with Crippen LogP contribution in [-0.2, 0) is 0 Å². The third-order valence-corrected chi connectivity index (χ3v) is 2.37. The molecule has 0 bridgehead atoms. The van der Waals surface area contributed by atoms with Gasteiger partial charge in [-0.05, 0) is 30.3 Å². The van der Waals surface area contributed by atoms with Crippen LogP contribution < -0.4 is 10.2 Å². The Labute approximate surface area is 105 Å². The van der Waals surface area contributed by atoms with Gasteiger partial charge in [-0.1, -0.05) is 18.2 Å². The summed E-state index contributed by atoms with van der Waals surface area (Å²) in [6, 6.07) is 14.0. The molecule has 0 saturated heterocycles. The predicted molar refractivity (Wildman–Crippen MR) is 70.6 cm³/mol. The maximum Gasteiger partial charge on any atom is 0.132 e. The number of benzene rings is 2. The molecule has 0 radical (unpaired) electrons. The van der Waals surface area contributed by atoms with Gasteiger partial charge in [0.25, 0.3) is 0 Å². The van der Waals surface area contributed by atoms with Crippen LogP contribution in [0.15, 0.2) is 53.6 Å². The number of nitrogens with one attached hydrogen (secondary N) is 1. The third kappa shape index (κ3) is 3.07. The molecular formula is C14H13FN2O. The Bertz CT molecular complexity index is 541. The summed E-state index contributed by atoms with van der Waals surface area (Å²) < 4.78 is 18.5. The number of anilines is 1. The van der Waals surface area contributed by atoms with Crippen LogP contribution in [0.25, 0.3) is 0 Å². The highest BCUT2D eigenvalue weighted by atomic mass is 19.1. The zero-order valence-corrected chi connectivity index (χ0v) is 9.93. The Balaban J connectivity index is 2.09. The van der Waals surface area contributed by atoms with Gasteiger partial charge in [0, 0.05) is 5.56 Å². The van der Waals surface area contributed by atoms with Crippen molar-refractivity contribution in [3.8, 4) is 5.75 Å². The van der Waals surface area contributed by atoms with Crippen molar-refractivity contribution >= 4 is 11.9 Å². The minimum Gasteiger partial charge on any atom is -0.497 e. The Morgan fingerprint density at radius 2 is 1.94 bits per heavy atom. The summed E-state index contributed by atoms with van der Waals surface area (Å²) in [4.78, 5) is 0. The van der Waals surface area contributed by atoms with Crippen molar-refractivity contribution in [2.75, 3.05) is 12.5 Å². The van der Waals surface area contributed by atoms with Gasteiger partial charge in [0.15, 0.2) is 0 Å². The molecule has 0 aromatic heterocycles. The van der Waals surface area contributed by atoms with Gasteiger partial charge < -0.3 is 4.74 Å². The highest BCUT2D eigenvalue weighted by Crippen LogP contribution is 2.15. The van der Waals surface area contributed by atoms with E-state index in [1.807, 2.05) is 30.3 Å². The summed E-state index contributed by atoms with van der Waals surface area (Å²) >= 11 is 0. The second-order valence-electron chi connectivity index (χ2n) is 3.62. The van der Waals surface area contributed by atoms with Crippen LogP contribution in [0.5, 0.6) is 5.75 Å². The van der Waals surface area contributed by atoms with Crippen molar-refractivity contribution in [1.82, 2.24) is 0 Å². The molecule has 0 aliphatic heterocycles. The van der Waals surface area contributed by atoms with Crippen LogP contribution in [0, 0.1) is 5.82 Å². The van der Waals surface area contributed by atoms with E-state index in [-0.39, 0.29) is 5.82 Å². The average Bonchev–Trinajstić information content (AvgIpc) is 2.42. The molecule has 2 rings (SSSR count). The minimum absolute atomic E-state index is 0.339. The summed E-state index contributed by atoms with van der Waals surface area (Å²) in [7, 11) is 1.54. The van der Waals surface area contributed by atoms with E-state index >= 15 is 0 Å². The maximum atomic E-state index is 13.5. The number of para-hydroxylation sites is 1. The molecule has 4 heteroatoms. The van der Waals surface area contributed by atoms with Crippen LogP contribution >= 0.6 is 0 Å². The molecule has 0 saturated carbocycles. The lowest BCUT2D eigenvalue weighted by molar-refractivity contribution is 0.413. The molecule has 2 aromatic rings. The van der Waals surface area contributed by atoms with E-state index in [9.17, 15) is 4.39 Å². The molecule has 0 spiro atoms. The number of rotatable bonds is 4. The first-order valence-electron chi connectivity index (χ1n) is 5.47. The Morgan fingerprint density at radius 3 is 2.67 bits per heavy atom. The molecule has 92 valence electrons. The number of ether oxygens (including phenoxy) is 1. The molecule has 1 N–H and O–H groups in total. The van der Waals surface area contributed by atoms with Crippen LogP contribution in [0.3, 0.4) is 0 Å². The first-order chi connectivity index (χ1) is 8.79. The monoisotopic (exact) mass is 244 g/mol. The van der Waals surface area contributed by atoms with Gasteiger partial charge in [-0.3, -0.25) is 5.43 Å². The van der Waals surface area contributed by atoms with Crippen LogP contribution in [-0.4, -0.2) is 13.3 Å². The first-order valence-corrected chi connectivity index (χ1v) is 5.47. The second kappa shape index (κ2) is 5.82. The molecule has 18 heavy (non-hydrogen) atoms. The number of methoxy groups -OCH3 is 1. The molecule has 3 nitrogen and oxygen atoms in total. The van der Waals surface area contributed by atoms with Crippen molar-refractivity contribution in [3.05, 3.63) is 59.9 Å². The van der Waals surface area contributed by atoms with E-state index in [0.717, 1.165) is 5.69 Å². The van der Waals surface area contributed by atoms with Crippen molar-refractivity contribution in [3.63, 3.8) is 0 Å². The van der Waals surface area contributed by atoms with Gasteiger partial charge in [-0.15, -0.1) is 0 Å². The molecule has 0 aliphatic rings. The summed E-state index contributed by atoms with van der Waals surface area (Å²) in [5.41, 5.74) is 4.04. The molecule has 0 heterocycles. The van der Waals surface area contributed by atoms with Crippen LogP contribution in [0.4, 0.5) is 10.1 Å². The molecule has 2 aromatic carbocycles. The summed E-state index contributed by atoms with van der Waals surface area (Å²) in [6.07, 6.45) is 1.42. The van der Waals surface area contributed by atoms with E-state index in [0.29, 0.717) is 11.3 Å². The van der Waals surface area contributed by atoms with Gasteiger partial charge in [0.1, 0.15) is 11.6 Å². The largest absolute Gasteiger partial charge is 0.497 e. The lowest BCUT2D eigenvalue weighted by Crippen LogP contribution is -1.94. The van der Waals surface area contributed by atoms with Crippen molar-refractivity contribution in [2.24, 2.45) is 5.10 Å². The lowest BCUT2D eigenvalue weighted by Gasteiger charge is -2.02. The Kier molecular flexibility index (Phi) is 3.91. The van der Waals surface area contributed by atoms with Gasteiger partial charge >= 0.3 is 0 Å². The molecule has 0 fully saturated rings. The van der Waals surface area contributed by atoms with Crippen LogP contribution in [0.2, 0.25) is 0 Å². The van der Waals surface area contributed by atoms with E-state index in [1.54, 1.807) is 12.1 Å². The average molecular weight is 244 g/mol. The van der Waals surface area contributed by atoms with Gasteiger partial charge in [0.05, 0.1) is 19.0 Å². The fraction of sp³-hybridized carbons (Fsp3) is 0.0714. The quantitative estimate of drug-likeness (QED) is 0.661. The highest BCUT2D eigenvalue weighted by molar-refractivity contribution is 5.81. The zero-order valence-electron chi connectivity index (χ0n) is 9.93. The van der Waals surface area contributed by atoms with Crippen molar-refractivity contribution in [1.29, 1.82) is 0 Å². The van der Waals surface area contributed by atoms with Gasteiger partial charge in [-0.2, -0.15) is 5.10 Å². The number of hydrazone groups is 1. The Morgan fingerprint density at radius 1 is 1.17 bits per heavy atom. The van der Waals surface area contributed by atoms with E-state index < -0.39 is 0 Å².